The molecule has 0 amide bonds. The van der Waals surface area contributed by atoms with Gasteiger partial charge >= 0.3 is 0 Å². The van der Waals surface area contributed by atoms with E-state index in [0.717, 1.165) is 28.8 Å². The normalized spacial score (nSPS) is 15.0. The van der Waals surface area contributed by atoms with Crippen LogP contribution in [-0.4, -0.2) is 5.78 Å². The van der Waals surface area contributed by atoms with Crippen molar-refractivity contribution in [2.24, 2.45) is 0 Å². The largest absolute Gasteiger partial charge is 0.291 e. The summed E-state index contributed by atoms with van der Waals surface area (Å²) in [7, 11) is 0. The van der Waals surface area contributed by atoms with Crippen LogP contribution in [0.5, 0.6) is 0 Å². The van der Waals surface area contributed by atoms with Crippen molar-refractivity contribution in [2.45, 2.75) is 38.5 Å². The van der Waals surface area contributed by atoms with Crippen LogP contribution in [0.15, 0.2) is 30.3 Å². The summed E-state index contributed by atoms with van der Waals surface area (Å²) in [5, 5.41) is 9.47. The summed E-state index contributed by atoms with van der Waals surface area (Å²) in [5.74, 6) is -0.738. The lowest BCUT2D eigenvalue weighted by atomic mass is 9.91. The van der Waals surface area contributed by atoms with E-state index in [1.165, 1.54) is 23.3 Å². The quantitative estimate of drug-likeness (QED) is 0.786. The van der Waals surface area contributed by atoms with Crippen LogP contribution >= 0.6 is 11.3 Å². The molecule has 0 N–H and O–H groups in total. The molecule has 2 aromatic rings. The van der Waals surface area contributed by atoms with Crippen LogP contribution in [0, 0.1) is 18.3 Å². The molecule has 1 aromatic carbocycles. The minimum Gasteiger partial charge on any atom is -0.291 e. The molecule has 1 heterocycles. The number of ketones is 1. The van der Waals surface area contributed by atoms with Crippen molar-refractivity contribution in [1.29, 1.82) is 5.26 Å². The first kappa shape index (κ1) is 14.0. The molecule has 1 aliphatic rings. The van der Waals surface area contributed by atoms with Gasteiger partial charge in [-0.3, -0.25) is 4.79 Å². The minimum atomic E-state index is -0.689. The number of carbonyl (C=O) groups excluding carboxylic acids is 1. The van der Waals surface area contributed by atoms with Crippen molar-refractivity contribution >= 4 is 17.1 Å². The molecule has 1 unspecified atom stereocenters. The van der Waals surface area contributed by atoms with Crippen molar-refractivity contribution in [3.8, 4) is 6.07 Å². The zero-order valence-electron chi connectivity index (χ0n) is 12.1. The first-order valence-electron chi connectivity index (χ1n) is 7.31. The Bertz CT molecular complexity index is 700. The maximum Gasteiger partial charge on any atom is 0.194 e. The molecule has 106 valence electrons. The predicted octanol–water partition coefficient (Wildman–Crippen LogP) is 4.43. The molecule has 0 aliphatic heterocycles. The van der Waals surface area contributed by atoms with Gasteiger partial charge in [-0.2, -0.15) is 5.26 Å². The number of Topliss-reactive ketones (excluding diaryl/α,β-unsaturated/α-hetero) is 1. The maximum atomic E-state index is 12.7. The lowest BCUT2D eigenvalue weighted by Crippen LogP contribution is -2.11. The number of benzene rings is 1. The van der Waals surface area contributed by atoms with Crippen molar-refractivity contribution < 1.29 is 4.79 Å². The highest BCUT2D eigenvalue weighted by Crippen LogP contribution is 2.33. The summed E-state index contributed by atoms with van der Waals surface area (Å²) in [6, 6.07) is 11.9. The number of thiophene rings is 1. The van der Waals surface area contributed by atoms with E-state index in [-0.39, 0.29) is 5.78 Å². The smallest absolute Gasteiger partial charge is 0.194 e. The molecule has 0 bridgehead atoms. The van der Waals surface area contributed by atoms with Crippen LogP contribution < -0.4 is 0 Å². The fraction of sp³-hybridized carbons (Fsp3) is 0.333. The molecule has 1 aromatic heterocycles. The Morgan fingerprint density at radius 1 is 1.29 bits per heavy atom. The Morgan fingerprint density at radius 2 is 2.05 bits per heavy atom. The first-order valence-corrected chi connectivity index (χ1v) is 8.13. The summed E-state index contributed by atoms with van der Waals surface area (Å²) >= 11 is 1.59. The van der Waals surface area contributed by atoms with Gasteiger partial charge in [-0.05, 0) is 55.4 Å². The molecule has 3 rings (SSSR count). The summed E-state index contributed by atoms with van der Waals surface area (Å²) in [6.45, 7) is 1.95. The zero-order valence-corrected chi connectivity index (χ0v) is 12.9. The Kier molecular flexibility index (Phi) is 3.90. The summed E-state index contributed by atoms with van der Waals surface area (Å²) < 4.78 is 0. The van der Waals surface area contributed by atoms with Crippen molar-refractivity contribution in [3.05, 3.63) is 56.8 Å². The highest BCUT2D eigenvalue weighted by Gasteiger charge is 2.26. The van der Waals surface area contributed by atoms with Crippen molar-refractivity contribution in [2.75, 3.05) is 0 Å². The number of rotatable bonds is 3. The molecular formula is C18H17NOS. The second kappa shape index (κ2) is 5.83. The van der Waals surface area contributed by atoms with Crippen LogP contribution in [0.1, 0.15) is 50.0 Å². The van der Waals surface area contributed by atoms with E-state index >= 15 is 0 Å². The van der Waals surface area contributed by atoms with Crippen LogP contribution in [0.3, 0.4) is 0 Å². The van der Waals surface area contributed by atoms with Gasteiger partial charge in [0.2, 0.25) is 0 Å². The molecule has 0 fully saturated rings. The summed E-state index contributed by atoms with van der Waals surface area (Å²) in [6.07, 6.45) is 4.56. The Labute approximate surface area is 129 Å². The molecule has 1 aliphatic carbocycles. The average Bonchev–Trinajstić information content (AvgIpc) is 2.93. The van der Waals surface area contributed by atoms with Gasteiger partial charge in [0.1, 0.15) is 5.92 Å². The van der Waals surface area contributed by atoms with Crippen molar-refractivity contribution in [3.63, 3.8) is 0 Å². The van der Waals surface area contributed by atoms with E-state index in [1.54, 1.807) is 11.3 Å². The fourth-order valence-corrected chi connectivity index (χ4v) is 4.16. The molecule has 2 nitrogen and oxygen atoms in total. The number of fused-ring (bicyclic) bond motifs is 1. The minimum absolute atomic E-state index is 0.0498. The number of carbonyl (C=O) groups is 1. The highest BCUT2D eigenvalue weighted by atomic mass is 32.1. The van der Waals surface area contributed by atoms with Crippen LogP contribution in [0.4, 0.5) is 0 Å². The van der Waals surface area contributed by atoms with E-state index in [2.05, 4.69) is 6.07 Å². The van der Waals surface area contributed by atoms with Gasteiger partial charge in [0, 0.05) is 4.88 Å². The Morgan fingerprint density at radius 3 is 2.76 bits per heavy atom. The van der Waals surface area contributed by atoms with E-state index in [4.69, 9.17) is 0 Å². The standard InChI is InChI=1S/C18H17NOS/c1-12-6-2-4-8-14(12)15(11-19)18(20)17-10-13-7-3-5-9-16(13)21-17/h2,4,6,8,10,15H,3,5,7,9H2,1H3. The number of nitrogens with zero attached hydrogens (tertiary/aromatic N) is 1. The van der Waals surface area contributed by atoms with E-state index in [9.17, 15) is 10.1 Å². The predicted molar refractivity (Wildman–Crippen MR) is 84.8 cm³/mol. The SMILES string of the molecule is Cc1ccccc1C(C#N)C(=O)c1cc2c(s1)CCCC2. The van der Waals surface area contributed by atoms with Crippen LogP contribution in [0.25, 0.3) is 0 Å². The molecule has 0 saturated carbocycles. The van der Waals surface area contributed by atoms with Crippen LogP contribution in [0.2, 0.25) is 0 Å². The molecule has 0 saturated heterocycles. The van der Waals surface area contributed by atoms with Crippen LogP contribution in [-0.2, 0) is 12.8 Å². The van der Waals surface area contributed by atoms with Gasteiger partial charge in [0.05, 0.1) is 10.9 Å². The van der Waals surface area contributed by atoms with Gasteiger partial charge < -0.3 is 0 Å². The van der Waals surface area contributed by atoms with E-state index in [0.29, 0.717) is 0 Å². The third kappa shape index (κ3) is 2.64. The molecule has 0 spiro atoms. The molecular weight excluding hydrogens is 278 g/mol. The lowest BCUT2D eigenvalue weighted by molar-refractivity contribution is 0.0982. The Balaban J connectivity index is 1.95. The Hall–Kier alpha value is -1.92. The molecule has 21 heavy (non-hydrogen) atoms. The molecule has 1 atom stereocenters. The van der Waals surface area contributed by atoms with Gasteiger partial charge in [0.25, 0.3) is 0 Å². The summed E-state index contributed by atoms with van der Waals surface area (Å²) in [4.78, 5) is 14.8. The van der Waals surface area contributed by atoms with E-state index in [1.807, 2.05) is 37.3 Å². The highest BCUT2D eigenvalue weighted by molar-refractivity contribution is 7.14. The topological polar surface area (TPSA) is 40.9 Å². The third-order valence-electron chi connectivity index (χ3n) is 4.13. The second-order valence-corrected chi connectivity index (χ2v) is 6.69. The van der Waals surface area contributed by atoms with E-state index < -0.39 is 5.92 Å². The molecule has 0 radical (unpaired) electrons. The average molecular weight is 295 g/mol. The number of aryl methyl sites for hydroxylation is 3. The van der Waals surface area contributed by atoms with Gasteiger partial charge in [0.15, 0.2) is 5.78 Å². The third-order valence-corrected chi connectivity index (χ3v) is 5.38. The van der Waals surface area contributed by atoms with Gasteiger partial charge in [-0.15, -0.1) is 11.3 Å². The fourth-order valence-electron chi connectivity index (χ4n) is 2.93. The van der Waals surface area contributed by atoms with Crippen molar-refractivity contribution in [1.82, 2.24) is 0 Å². The van der Waals surface area contributed by atoms with Gasteiger partial charge in [-0.25, -0.2) is 0 Å². The first-order chi connectivity index (χ1) is 10.2. The van der Waals surface area contributed by atoms with Gasteiger partial charge in [-0.1, -0.05) is 24.3 Å². The second-order valence-electron chi connectivity index (χ2n) is 5.55. The lowest BCUT2D eigenvalue weighted by Gasteiger charge is -2.10. The number of nitriles is 1. The number of hydrogen-bond donors (Lipinski definition) is 0. The number of hydrogen-bond acceptors (Lipinski definition) is 3. The monoisotopic (exact) mass is 295 g/mol. The maximum absolute atomic E-state index is 12.7. The molecule has 3 heteroatoms. The summed E-state index contributed by atoms with van der Waals surface area (Å²) in [5.41, 5.74) is 3.14. The zero-order chi connectivity index (χ0) is 14.8.